The van der Waals surface area contributed by atoms with E-state index in [1.54, 1.807) is 0 Å². The first-order valence-electron chi connectivity index (χ1n) is 16.1. The highest BCUT2D eigenvalue weighted by Crippen LogP contribution is 2.32. The molecule has 0 aromatic heterocycles. The molecule has 0 bridgehead atoms. The lowest BCUT2D eigenvalue weighted by Crippen LogP contribution is -2.50. The Morgan fingerprint density at radius 2 is 1.80 bits per heavy atom. The van der Waals surface area contributed by atoms with E-state index in [0.717, 1.165) is 34.3 Å². The zero-order chi connectivity index (χ0) is 33.3. The van der Waals surface area contributed by atoms with Gasteiger partial charge in [-0.1, -0.05) is 74.9 Å². The second-order valence-electron chi connectivity index (χ2n) is 12.8. The van der Waals surface area contributed by atoms with Gasteiger partial charge in [-0.3, -0.25) is 14.7 Å². The maximum atomic E-state index is 13.1. The predicted molar refractivity (Wildman–Crippen MR) is 187 cm³/mol. The molecule has 2 atom stereocenters. The van der Waals surface area contributed by atoms with E-state index in [-0.39, 0.29) is 23.4 Å². The molecule has 3 aromatic carbocycles. The third-order valence-electron chi connectivity index (χ3n) is 7.92. The Morgan fingerprint density at radius 3 is 2.50 bits per heavy atom. The van der Waals surface area contributed by atoms with Gasteiger partial charge in [0.25, 0.3) is 0 Å². The molecule has 3 aromatic rings. The molecule has 1 unspecified atom stereocenters. The van der Waals surface area contributed by atoms with Crippen molar-refractivity contribution < 1.29 is 19.1 Å². The van der Waals surface area contributed by atoms with Crippen LogP contribution in [0.1, 0.15) is 58.7 Å². The molecule has 3 N–H and O–H groups in total. The molecule has 3 amide bonds. The van der Waals surface area contributed by atoms with Gasteiger partial charge in [0.2, 0.25) is 5.91 Å². The van der Waals surface area contributed by atoms with Gasteiger partial charge in [0, 0.05) is 53.8 Å². The smallest absolute Gasteiger partial charge is 0.323 e. The van der Waals surface area contributed by atoms with Gasteiger partial charge in [-0.25, -0.2) is 4.79 Å². The van der Waals surface area contributed by atoms with E-state index in [1.807, 2.05) is 56.3 Å². The number of ether oxygens (including phenoxy) is 2. The van der Waals surface area contributed by atoms with Gasteiger partial charge in [-0.15, -0.1) is 0 Å². The number of benzene rings is 3. The van der Waals surface area contributed by atoms with Gasteiger partial charge in [-0.2, -0.15) is 0 Å². The summed E-state index contributed by atoms with van der Waals surface area (Å²) in [6, 6.07) is 19.7. The van der Waals surface area contributed by atoms with Crippen LogP contribution >= 0.6 is 0 Å². The highest BCUT2D eigenvalue weighted by Gasteiger charge is 2.26. The lowest BCUT2D eigenvalue weighted by atomic mass is 9.88. The number of carbonyl (C=O) groups excluding carboxylic acids is 2. The molecule has 0 spiro atoms. The van der Waals surface area contributed by atoms with Gasteiger partial charge in [0.05, 0.1) is 18.3 Å². The molecule has 1 aliphatic heterocycles. The van der Waals surface area contributed by atoms with E-state index in [4.69, 9.17) is 14.5 Å². The molecular weight excluding hydrogens is 578 g/mol. The van der Waals surface area contributed by atoms with Crippen LogP contribution in [0, 0.1) is 12.3 Å². The number of aliphatic imine (C=N–C) groups is 1. The van der Waals surface area contributed by atoms with Crippen molar-refractivity contribution in [2.24, 2.45) is 10.4 Å². The van der Waals surface area contributed by atoms with Crippen LogP contribution in [0.15, 0.2) is 77.4 Å². The number of nitrogens with zero attached hydrogens (tertiary/aromatic N) is 2. The Balaban J connectivity index is 1.40. The minimum absolute atomic E-state index is 0.0159. The molecule has 9 heteroatoms. The highest BCUT2D eigenvalue weighted by molar-refractivity contribution is 6.05. The van der Waals surface area contributed by atoms with Crippen LogP contribution in [0.4, 0.5) is 10.5 Å². The quantitative estimate of drug-likeness (QED) is 0.207. The summed E-state index contributed by atoms with van der Waals surface area (Å²) in [4.78, 5) is 32.6. The fourth-order valence-corrected chi connectivity index (χ4v) is 5.29. The number of urea groups is 1. The standard InChI is InChI=1S/C37H49N5O4/c1-8-38-35(43)33-24-42(20-22-46-33)19-21-45-32-18-17-31(29-11-9-10-12-30(29)32)41-36(44)39-26(3)23-34(37(5,6)7)40-27(4)28-15-13-25(2)14-16-28/h9-18,23,27,33H,8,19-22,24H2,1-7H3,(H,38,43)(H2,39,41,44)/b26-23+,40-34?/t27-,33?/m0/s1. The zero-order valence-electron chi connectivity index (χ0n) is 28.3. The molecule has 1 saturated heterocycles. The second kappa shape index (κ2) is 15.9. The Bertz CT molecular complexity index is 1560. The maximum Gasteiger partial charge on any atom is 0.323 e. The van der Waals surface area contributed by atoms with Crippen molar-refractivity contribution in [3.63, 3.8) is 0 Å². The number of allylic oxidation sites excluding steroid dienone is 2. The molecule has 1 heterocycles. The Kier molecular flexibility index (Phi) is 12.0. The van der Waals surface area contributed by atoms with Crippen LogP contribution in [0.25, 0.3) is 10.8 Å². The number of anilines is 1. The molecule has 1 aliphatic rings. The van der Waals surface area contributed by atoms with Crippen LogP contribution in [0.5, 0.6) is 5.75 Å². The van der Waals surface area contributed by atoms with Gasteiger partial charge in [0.1, 0.15) is 18.5 Å². The van der Waals surface area contributed by atoms with E-state index in [0.29, 0.717) is 44.2 Å². The van der Waals surface area contributed by atoms with Gasteiger partial charge >= 0.3 is 6.03 Å². The SMILES string of the molecule is CCNC(=O)C1CN(CCOc2ccc(NC(=O)N/C(C)=C/C(=N[C@@H](C)c3ccc(C)cc3)C(C)(C)C)c3ccccc23)CCO1. The number of hydrogen-bond acceptors (Lipinski definition) is 6. The Morgan fingerprint density at radius 1 is 1.09 bits per heavy atom. The van der Waals surface area contributed by atoms with E-state index >= 15 is 0 Å². The van der Waals surface area contributed by atoms with Crippen LogP contribution < -0.4 is 20.7 Å². The predicted octanol–water partition coefficient (Wildman–Crippen LogP) is 6.64. The first-order valence-corrected chi connectivity index (χ1v) is 16.1. The average molecular weight is 628 g/mol. The Hall–Kier alpha value is -4.21. The summed E-state index contributed by atoms with van der Waals surface area (Å²) in [5.74, 6) is 0.660. The average Bonchev–Trinajstić information content (AvgIpc) is 3.01. The number of carbonyl (C=O) groups is 2. The normalized spacial score (nSPS) is 17.0. The van der Waals surface area contributed by atoms with E-state index in [1.165, 1.54) is 5.56 Å². The molecule has 0 radical (unpaired) electrons. The largest absolute Gasteiger partial charge is 0.492 e. The van der Waals surface area contributed by atoms with Crippen molar-refractivity contribution in [1.29, 1.82) is 0 Å². The maximum absolute atomic E-state index is 13.1. The first-order chi connectivity index (χ1) is 21.9. The van der Waals surface area contributed by atoms with Crippen LogP contribution in [-0.4, -0.2) is 68.0 Å². The third-order valence-corrected chi connectivity index (χ3v) is 7.92. The molecule has 1 fully saturated rings. The van der Waals surface area contributed by atoms with Crippen molar-refractivity contribution in [1.82, 2.24) is 15.5 Å². The summed E-state index contributed by atoms with van der Waals surface area (Å²) >= 11 is 0. The van der Waals surface area contributed by atoms with Gasteiger partial charge < -0.3 is 25.4 Å². The summed E-state index contributed by atoms with van der Waals surface area (Å²) in [5, 5.41) is 10.6. The summed E-state index contributed by atoms with van der Waals surface area (Å²) < 4.78 is 11.8. The molecule has 0 aliphatic carbocycles. The number of amides is 3. The third kappa shape index (κ3) is 9.64. The number of morpholine rings is 1. The number of likely N-dealkylation sites (N-methyl/N-ethyl adjacent to an activating group) is 1. The first kappa shape index (κ1) is 34.7. The zero-order valence-corrected chi connectivity index (χ0v) is 28.3. The van der Waals surface area contributed by atoms with Crippen molar-refractivity contribution in [2.75, 3.05) is 44.7 Å². The monoisotopic (exact) mass is 627 g/mol. The van der Waals surface area contributed by atoms with E-state index < -0.39 is 6.10 Å². The summed E-state index contributed by atoms with van der Waals surface area (Å²) in [6.45, 7) is 17.8. The Labute approximate surface area is 273 Å². The molecule has 246 valence electrons. The molecule has 46 heavy (non-hydrogen) atoms. The number of fused-ring (bicyclic) bond motifs is 1. The van der Waals surface area contributed by atoms with Crippen LogP contribution in [-0.2, 0) is 9.53 Å². The topological polar surface area (TPSA) is 104 Å². The summed E-state index contributed by atoms with van der Waals surface area (Å²) in [7, 11) is 0. The summed E-state index contributed by atoms with van der Waals surface area (Å²) in [5.41, 5.74) is 4.44. The van der Waals surface area contributed by atoms with Crippen molar-refractivity contribution in [3.8, 4) is 5.75 Å². The highest BCUT2D eigenvalue weighted by atomic mass is 16.5. The number of aryl methyl sites for hydroxylation is 1. The second-order valence-corrected chi connectivity index (χ2v) is 12.8. The van der Waals surface area contributed by atoms with Crippen LogP contribution in [0.3, 0.4) is 0 Å². The number of nitrogens with one attached hydrogen (secondary N) is 3. The van der Waals surface area contributed by atoms with Gasteiger partial charge in [0.15, 0.2) is 0 Å². The fourth-order valence-electron chi connectivity index (χ4n) is 5.29. The van der Waals surface area contributed by atoms with E-state index in [2.05, 4.69) is 79.7 Å². The molecular formula is C37H49N5O4. The number of rotatable bonds is 11. The van der Waals surface area contributed by atoms with Crippen molar-refractivity contribution in [2.45, 2.75) is 60.6 Å². The molecule has 9 nitrogen and oxygen atoms in total. The van der Waals surface area contributed by atoms with Gasteiger partial charge in [-0.05, 0) is 51.5 Å². The van der Waals surface area contributed by atoms with Crippen LogP contribution in [0.2, 0.25) is 0 Å². The van der Waals surface area contributed by atoms with Crippen molar-refractivity contribution >= 4 is 34.1 Å². The number of hydrogen-bond donors (Lipinski definition) is 3. The minimum Gasteiger partial charge on any atom is -0.492 e. The fraction of sp³-hybridized carbons (Fsp3) is 0.432. The molecule has 4 rings (SSSR count). The van der Waals surface area contributed by atoms with Crippen molar-refractivity contribution in [3.05, 3.63) is 83.6 Å². The lowest BCUT2D eigenvalue weighted by Gasteiger charge is -2.31. The van der Waals surface area contributed by atoms with E-state index in [9.17, 15) is 9.59 Å². The summed E-state index contributed by atoms with van der Waals surface area (Å²) in [6.07, 6.45) is 1.49. The lowest BCUT2D eigenvalue weighted by molar-refractivity contribution is -0.138. The minimum atomic E-state index is -0.459. The molecule has 0 saturated carbocycles.